The first-order valence-electron chi connectivity index (χ1n) is 11.3. The third-order valence-corrected chi connectivity index (χ3v) is 6.95. The molecule has 2 fully saturated rings. The Kier molecular flexibility index (Phi) is 5.12. The molecule has 2 amide bonds. The van der Waals surface area contributed by atoms with Crippen LogP contribution in [0, 0.1) is 5.92 Å². The van der Waals surface area contributed by atoms with Crippen molar-refractivity contribution in [2.75, 3.05) is 26.2 Å². The highest BCUT2D eigenvalue weighted by atomic mass is 16.2. The molecule has 3 aliphatic heterocycles. The summed E-state index contributed by atoms with van der Waals surface area (Å²) < 4.78 is 1.86. The van der Waals surface area contributed by atoms with Crippen molar-refractivity contribution >= 4 is 11.8 Å². The number of fused-ring (bicyclic) bond motifs is 4. The fraction of sp³-hybridized carbons (Fsp3) is 0.500. The topological polar surface area (TPSA) is 75.5 Å². The van der Waals surface area contributed by atoms with Gasteiger partial charge < -0.3 is 14.4 Å². The van der Waals surface area contributed by atoms with Crippen LogP contribution in [0.15, 0.2) is 35.3 Å². The molecule has 5 rings (SSSR count). The minimum atomic E-state index is -0.0342. The molecule has 2 aromatic heterocycles. The zero-order valence-electron chi connectivity index (χ0n) is 17.9. The van der Waals surface area contributed by atoms with Gasteiger partial charge in [0.2, 0.25) is 5.91 Å². The number of hydrogen-bond acceptors (Lipinski definition) is 4. The lowest BCUT2D eigenvalue weighted by atomic mass is 9.82. The molecule has 31 heavy (non-hydrogen) atoms. The fourth-order valence-electron chi connectivity index (χ4n) is 5.37. The van der Waals surface area contributed by atoms with Crippen molar-refractivity contribution in [3.8, 4) is 11.3 Å². The van der Waals surface area contributed by atoms with Crippen molar-refractivity contribution in [2.24, 2.45) is 5.92 Å². The van der Waals surface area contributed by atoms with Gasteiger partial charge >= 0.3 is 0 Å². The summed E-state index contributed by atoms with van der Waals surface area (Å²) in [7, 11) is 0. The molecule has 0 aliphatic carbocycles. The van der Waals surface area contributed by atoms with Gasteiger partial charge in [-0.2, -0.15) is 0 Å². The van der Waals surface area contributed by atoms with Crippen LogP contribution in [0.25, 0.3) is 11.3 Å². The van der Waals surface area contributed by atoms with Gasteiger partial charge in [-0.15, -0.1) is 0 Å². The van der Waals surface area contributed by atoms with Gasteiger partial charge in [0.15, 0.2) is 0 Å². The zero-order chi connectivity index (χ0) is 21.5. The minimum absolute atomic E-state index is 0.0326. The van der Waals surface area contributed by atoms with E-state index in [0.29, 0.717) is 30.3 Å². The van der Waals surface area contributed by atoms with Gasteiger partial charge in [-0.1, -0.05) is 0 Å². The van der Waals surface area contributed by atoms with Crippen molar-refractivity contribution in [1.82, 2.24) is 19.4 Å². The summed E-state index contributed by atoms with van der Waals surface area (Å²) in [6.07, 6.45) is 5.91. The number of piperidine rings is 2. The largest absolute Gasteiger partial charge is 0.342 e. The number of amides is 2. The third-order valence-electron chi connectivity index (χ3n) is 6.95. The summed E-state index contributed by atoms with van der Waals surface area (Å²) >= 11 is 0. The van der Waals surface area contributed by atoms with Gasteiger partial charge in [-0.25, -0.2) is 0 Å². The highest BCUT2D eigenvalue weighted by Gasteiger charge is 2.35. The Morgan fingerprint density at radius 1 is 1.00 bits per heavy atom. The Balaban J connectivity index is 1.48. The van der Waals surface area contributed by atoms with Crippen LogP contribution in [-0.2, 0) is 11.3 Å². The van der Waals surface area contributed by atoms with Crippen molar-refractivity contribution in [3.05, 3.63) is 52.1 Å². The van der Waals surface area contributed by atoms with E-state index >= 15 is 0 Å². The Labute approximate surface area is 181 Å². The van der Waals surface area contributed by atoms with Crippen LogP contribution in [-0.4, -0.2) is 57.3 Å². The lowest BCUT2D eigenvalue weighted by Gasteiger charge is -2.42. The molecule has 2 aromatic rings. The van der Waals surface area contributed by atoms with E-state index in [2.05, 4.69) is 4.98 Å². The predicted octanol–water partition coefficient (Wildman–Crippen LogP) is 2.50. The first-order chi connectivity index (χ1) is 15.0. The van der Waals surface area contributed by atoms with E-state index in [0.717, 1.165) is 50.2 Å². The standard InChI is InChI=1S/C24H28N4O3/c1-16(29)27-13-17-9-20(15-27)22-11-19(12-23(30)28(22)14-17)21-10-18(5-6-25-21)24(31)26-7-3-2-4-8-26/h5-6,10-12,17,20H,2-4,7-9,13-15H2,1H3/t17-,20+/m0/s1. The Morgan fingerprint density at radius 2 is 1.81 bits per heavy atom. The Bertz CT molecular complexity index is 1090. The van der Waals surface area contributed by atoms with Gasteiger partial charge in [0.05, 0.1) is 5.69 Å². The molecule has 5 heterocycles. The average molecular weight is 421 g/mol. The number of carbonyl (C=O) groups excluding carboxylic acids is 2. The summed E-state index contributed by atoms with van der Waals surface area (Å²) in [5.74, 6) is 0.599. The smallest absolute Gasteiger partial charge is 0.253 e. The molecule has 0 radical (unpaired) electrons. The summed E-state index contributed by atoms with van der Waals surface area (Å²) in [4.78, 5) is 46.1. The molecule has 0 aromatic carbocycles. The molecule has 0 saturated carbocycles. The van der Waals surface area contributed by atoms with Crippen molar-refractivity contribution < 1.29 is 9.59 Å². The van der Waals surface area contributed by atoms with Crippen molar-refractivity contribution in [2.45, 2.75) is 45.1 Å². The summed E-state index contributed by atoms with van der Waals surface area (Å²) in [6.45, 7) is 5.23. The number of hydrogen-bond donors (Lipinski definition) is 0. The second kappa shape index (κ2) is 7.94. The maximum Gasteiger partial charge on any atom is 0.253 e. The van der Waals surface area contributed by atoms with E-state index in [1.54, 1.807) is 31.3 Å². The molecule has 0 unspecified atom stereocenters. The molecule has 0 N–H and O–H groups in total. The van der Waals surface area contributed by atoms with Crippen LogP contribution in [0.4, 0.5) is 0 Å². The van der Waals surface area contributed by atoms with Crippen molar-refractivity contribution in [3.63, 3.8) is 0 Å². The predicted molar refractivity (Wildman–Crippen MR) is 117 cm³/mol. The molecule has 162 valence electrons. The number of aromatic nitrogens is 2. The van der Waals surface area contributed by atoms with E-state index in [1.807, 2.05) is 20.4 Å². The first-order valence-corrected chi connectivity index (χ1v) is 11.3. The molecule has 0 spiro atoms. The second-order valence-corrected chi connectivity index (χ2v) is 9.12. The molecular weight excluding hydrogens is 392 g/mol. The van der Waals surface area contributed by atoms with Gasteiger partial charge in [-0.3, -0.25) is 19.4 Å². The molecular formula is C24H28N4O3. The van der Waals surface area contributed by atoms with Crippen LogP contribution >= 0.6 is 0 Å². The quantitative estimate of drug-likeness (QED) is 0.748. The molecule has 7 nitrogen and oxygen atoms in total. The van der Waals surface area contributed by atoms with E-state index in [1.165, 1.54) is 6.42 Å². The number of rotatable bonds is 2. The number of likely N-dealkylation sites (tertiary alicyclic amines) is 2. The normalized spacial score (nSPS) is 22.7. The summed E-state index contributed by atoms with van der Waals surface area (Å²) in [5.41, 5.74) is 2.94. The lowest BCUT2D eigenvalue weighted by Crippen LogP contribution is -2.48. The van der Waals surface area contributed by atoms with Crippen LogP contribution in [0.1, 0.15) is 54.6 Å². The van der Waals surface area contributed by atoms with Crippen molar-refractivity contribution in [1.29, 1.82) is 0 Å². The fourth-order valence-corrected chi connectivity index (χ4v) is 5.37. The minimum Gasteiger partial charge on any atom is -0.342 e. The van der Waals surface area contributed by atoms with Crippen LogP contribution in [0.5, 0.6) is 0 Å². The second-order valence-electron chi connectivity index (χ2n) is 9.12. The monoisotopic (exact) mass is 420 g/mol. The number of pyridine rings is 2. The van der Waals surface area contributed by atoms with E-state index in [4.69, 9.17) is 0 Å². The van der Waals surface area contributed by atoms with E-state index in [9.17, 15) is 14.4 Å². The third kappa shape index (κ3) is 3.77. The Morgan fingerprint density at radius 3 is 2.58 bits per heavy atom. The maximum atomic E-state index is 13.0. The highest BCUT2D eigenvalue weighted by molar-refractivity contribution is 5.95. The Hall–Kier alpha value is -2.96. The molecule has 2 bridgehead atoms. The van der Waals surface area contributed by atoms with Gasteiger partial charge in [-0.05, 0) is 49.8 Å². The number of nitrogens with zero attached hydrogens (tertiary/aromatic N) is 4. The van der Waals surface area contributed by atoms with Gasteiger partial charge in [0, 0.05) is 74.6 Å². The van der Waals surface area contributed by atoms with Gasteiger partial charge in [0.1, 0.15) is 0 Å². The molecule has 2 atom stereocenters. The maximum absolute atomic E-state index is 13.0. The molecule has 2 saturated heterocycles. The average Bonchev–Trinajstić information content (AvgIpc) is 2.79. The zero-order valence-corrected chi connectivity index (χ0v) is 17.9. The first kappa shape index (κ1) is 20.0. The lowest BCUT2D eigenvalue weighted by molar-refractivity contribution is -0.131. The summed E-state index contributed by atoms with van der Waals surface area (Å²) in [6, 6.07) is 7.22. The highest BCUT2D eigenvalue weighted by Crippen LogP contribution is 2.36. The van der Waals surface area contributed by atoms with Gasteiger partial charge in [0.25, 0.3) is 11.5 Å². The van der Waals surface area contributed by atoms with E-state index in [-0.39, 0.29) is 23.3 Å². The SMILES string of the molecule is CC(=O)N1C[C@@H]2C[C@H](C1)c1cc(-c3cc(C(=O)N4CCCCC4)ccn3)cc(=O)n1C2. The summed E-state index contributed by atoms with van der Waals surface area (Å²) in [5, 5.41) is 0. The van der Waals surface area contributed by atoms with Crippen LogP contribution in [0.2, 0.25) is 0 Å². The number of carbonyl (C=O) groups is 2. The van der Waals surface area contributed by atoms with Crippen LogP contribution < -0.4 is 5.56 Å². The van der Waals surface area contributed by atoms with E-state index < -0.39 is 0 Å². The van der Waals surface area contributed by atoms with Crippen LogP contribution in [0.3, 0.4) is 0 Å². The molecule has 3 aliphatic rings. The molecule has 7 heteroatoms.